The Morgan fingerprint density at radius 3 is 2.62 bits per heavy atom. The number of nitrogens with one attached hydrogen (secondary N) is 1. The van der Waals surface area contributed by atoms with Crippen molar-refractivity contribution in [1.29, 1.82) is 0 Å². The van der Waals surface area contributed by atoms with Crippen LogP contribution in [0, 0.1) is 0 Å². The molecule has 0 bridgehead atoms. The van der Waals surface area contributed by atoms with Gasteiger partial charge in [0.2, 0.25) is 0 Å². The topological polar surface area (TPSA) is 42.0 Å². The third kappa shape index (κ3) is 2.18. The van der Waals surface area contributed by atoms with E-state index in [1.165, 1.54) is 23.3 Å². The lowest BCUT2D eigenvalue weighted by molar-refractivity contribution is 0.0957. The summed E-state index contributed by atoms with van der Waals surface area (Å²) in [6, 6.07) is 0. The number of carbonyl (C=O) groups excluding carboxylic acids is 1. The van der Waals surface area contributed by atoms with Crippen LogP contribution in [0.25, 0.3) is 0 Å². The maximum Gasteiger partial charge on any atom is 0.255 e. The molecule has 0 unspecified atom stereocenters. The highest BCUT2D eigenvalue weighted by molar-refractivity contribution is 8.01. The molecule has 3 nitrogen and oxygen atoms in total. The third-order valence-electron chi connectivity index (χ3n) is 1.46. The van der Waals surface area contributed by atoms with Crippen molar-refractivity contribution < 1.29 is 4.79 Å². The van der Waals surface area contributed by atoms with E-state index in [0.717, 1.165) is 9.24 Å². The molecule has 0 atom stereocenters. The van der Waals surface area contributed by atoms with Gasteiger partial charge in [-0.15, -0.1) is 23.5 Å². The van der Waals surface area contributed by atoms with Gasteiger partial charge < -0.3 is 5.32 Å². The minimum Gasteiger partial charge on any atom is -0.355 e. The number of thioether (sulfide) groups is 2. The van der Waals surface area contributed by atoms with Crippen LogP contribution in [-0.2, 0) is 0 Å². The number of amides is 1. The normalized spacial score (nSPS) is 10.1. The van der Waals surface area contributed by atoms with Gasteiger partial charge in [0.25, 0.3) is 5.91 Å². The summed E-state index contributed by atoms with van der Waals surface area (Å²) in [5.74, 6) is -0.0533. The van der Waals surface area contributed by atoms with Crippen molar-refractivity contribution in [1.82, 2.24) is 9.69 Å². The van der Waals surface area contributed by atoms with E-state index in [4.69, 9.17) is 0 Å². The fourth-order valence-corrected chi connectivity index (χ4v) is 3.13. The molecule has 72 valence electrons. The Morgan fingerprint density at radius 1 is 1.46 bits per heavy atom. The van der Waals surface area contributed by atoms with Gasteiger partial charge in [0, 0.05) is 7.05 Å². The first-order valence-corrected chi connectivity index (χ1v) is 6.76. The SMILES string of the molecule is CNC(=O)c1c(SC)nsc1SC. The van der Waals surface area contributed by atoms with Crippen molar-refractivity contribution in [2.45, 2.75) is 9.24 Å². The van der Waals surface area contributed by atoms with Crippen LogP contribution in [0.4, 0.5) is 0 Å². The summed E-state index contributed by atoms with van der Waals surface area (Å²) < 4.78 is 5.17. The fraction of sp³-hybridized carbons (Fsp3) is 0.429. The Morgan fingerprint density at radius 2 is 2.15 bits per heavy atom. The van der Waals surface area contributed by atoms with Crippen LogP contribution in [0.3, 0.4) is 0 Å². The molecule has 1 N–H and O–H groups in total. The van der Waals surface area contributed by atoms with Gasteiger partial charge in [-0.3, -0.25) is 4.79 Å². The monoisotopic (exact) mass is 234 g/mol. The average molecular weight is 234 g/mol. The van der Waals surface area contributed by atoms with Crippen LogP contribution in [0.15, 0.2) is 9.24 Å². The van der Waals surface area contributed by atoms with Crippen molar-refractivity contribution in [2.24, 2.45) is 0 Å². The van der Waals surface area contributed by atoms with Crippen molar-refractivity contribution in [3.05, 3.63) is 5.56 Å². The minimum atomic E-state index is -0.0533. The molecule has 0 spiro atoms. The Balaban J connectivity index is 3.12. The summed E-state index contributed by atoms with van der Waals surface area (Å²) in [7, 11) is 1.63. The number of hydrogen-bond acceptors (Lipinski definition) is 5. The molecule has 0 aliphatic rings. The van der Waals surface area contributed by atoms with E-state index in [1.54, 1.807) is 18.8 Å². The quantitative estimate of drug-likeness (QED) is 0.812. The lowest BCUT2D eigenvalue weighted by atomic mass is 10.3. The molecule has 1 aromatic heterocycles. The number of carbonyl (C=O) groups is 1. The number of hydrogen-bond donors (Lipinski definition) is 1. The first kappa shape index (κ1) is 10.9. The average Bonchev–Trinajstić information content (AvgIpc) is 2.59. The van der Waals surface area contributed by atoms with Gasteiger partial charge in [-0.2, -0.15) is 4.37 Å². The summed E-state index contributed by atoms with van der Waals surface area (Å²) in [5, 5.41) is 3.43. The van der Waals surface area contributed by atoms with Crippen LogP contribution in [0.5, 0.6) is 0 Å². The van der Waals surface area contributed by atoms with E-state index in [9.17, 15) is 4.79 Å². The molecule has 0 radical (unpaired) electrons. The summed E-state index contributed by atoms with van der Waals surface area (Å²) in [6.07, 6.45) is 3.87. The molecule has 0 saturated heterocycles. The smallest absolute Gasteiger partial charge is 0.255 e. The second-order valence-corrected chi connectivity index (χ2v) is 4.78. The van der Waals surface area contributed by atoms with Gasteiger partial charge in [0.05, 0.1) is 9.77 Å². The summed E-state index contributed by atoms with van der Waals surface area (Å²) in [4.78, 5) is 11.5. The van der Waals surface area contributed by atoms with E-state index in [2.05, 4.69) is 9.69 Å². The highest BCUT2D eigenvalue weighted by Crippen LogP contribution is 2.32. The molecule has 1 amide bonds. The number of rotatable bonds is 3. The highest BCUT2D eigenvalue weighted by Gasteiger charge is 2.18. The Hall–Kier alpha value is -0.200. The van der Waals surface area contributed by atoms with Crippen LogP contribution in [-0.4, -0.2) is 29.8 Å². The van der Waals surface area contributed by atoms with Gasteiger partial charge in [-0.05, 0) is 24.0 Å². The molecule has 6 heteroatoms. The molecule has 0 saturated carbocycles. The zero-order valence-corrected chi connectivity index (χ0v) is 10.0. The molecule has 13 heavy (non-hydrogen) atoms. The molecule has 1 aromatic rings. The van der Waals surface area contributed by atoms with Gasteiger partial charge in [-0.1, -0.05) is 0 Å². The van der Waals surface area contributed by atoms with Crippen molar-refractivity contribution >= 4 is 41.0 Å². The summed E-state index contributed by atoms with van der Waals surface area (Å²) in [6.45, 7) is 0. The second kappa shape index (κ2) is 4.88. The highest BCUT2D eigenvalue weighted by atomic mass is 32.2. The lowest BCUT2D eigenvalue weighted by Gasteiger charge is -2.00. The minimum absolute atomic E-state index is 0.0533. The van der Waals surface area contributed by atoms with E-state index in [0.29, 0.717) is 5.56 Å². The molecule has 0 aliphatic carbocycles. The van der Waals surface area contributed by atoms with Crippen LogP contribution < -0.4 is 5.32 Å². The van der Waals surface area contributed by atoms with Crippen LogP contribution >= 0.6 is 35.1 Å². The lowest BCUT2D eigenvalue weighted by Crippen LogP contribution is -2.18. The van der Waals surface area contributed by atoms with Crippen molar-refractivity contribution in [2.75, 3.05) is 19.6 Å². The summed E-state index contributed by atoms with van der Waals surface area (Å²) in [5.41, 5.74) is 0.715. The standard InChI is InChI=1S/C7H10N2OS3/c1-8-5(10)4-6(11-2)9-13-7(4)12-3/h1-3H3,(H,8,10). The third-order valence-corrected chi connectivity index (χ3v) is 4.20. The van der Waals surface area contributed by atoms with Crippen LogP contribution in [0.2, 0.25) is 0 Å². The molecular weight excluding hydrogens is 224 g/mol. The second-order valence-electron chi connectivity index (χ2n) is 2.14. The van der Waals surface area contributed by atoms with E-state index < -0.39 is 0 Å². The Labute approximate surface area is 89.8 Å². The van der Waals surface area contributed by atoms with Crippen LogP contribution in [0.1, 0.15) is 10.4 Å². The largest absolute Gasteiger partial charge is 0.355 e. The maximum absolute atomic E-state index is 11.5. The Kier molecular flexibility index (Phi) is 4.08. The Bertz CT molecular complexity index is 289. The zero-order chi connectivity index (χ0) is 9.84. The van der Waals surface area contributed by atoms with Gasteiger partial charge in [0.1, 0.15) is 5.03 Å². The maximum atomic E-state index is 11.5. The number of nitrogens with zero attached hydrogens (tertiary/aromatic N) is 1. The molecule has 1 rings (SSSR count). The first-order valence-electron chi connectivity index (χ1n) is 3.54. The molecular formula is C7H10N2OS3. The predicted octanol–water partition coefficient (Wildman–Crippen LogP) is 1.95. The summed E-state index contributed by atoms with van der Waals surface area (Å²) >= 11 is 4.43. The molecule has 0 fully saturated rings. The van der Waals surface area contributed by atoms with Gasteiger partial charge in [0.15, 0.2) is 0 Å². The van der Waals surface area contributed by atoms with Gasteiger partial charge >= 0.3 is 0 Å². The number of aromatic nitrogens is 1. The zero-order valence-electron chi connectivity index (χ0n) is 7.58. The van der Waals surface area contributed by atoms with E-state index in [-0.39, 0.29) is 5.91 Å². The molecule has 0 aliphatic heterocycles. The van der Waals surface area contributed by atoms with E-state index in [1.807, 2.05) is 12.5 Å². The predicted molar refractivity (Wildman–Crippen MR) is 59.1 cm³/mol. The molecule has 0 aromatic carbocycles. The van der Waals surface area contributed by atoms with E-state index >= 15 is 0 Å². The van der Waals surface area contributed by atoms with Gasteiger partial charge in [-0.25, -0.2) is 0 Å². The first-order chi connectivity index (χ1) is 6.24. The van der Waals surface area contributed by atoms with Crippen molar-refractivity contribution in [3.8, 4) is 0 Å². The fourth-order valence-electron chi connectivity index (χ4n) is 0.855. The molecule has 1 heterocycles. The van der Waals surface area contributed by atoms with Crippen molar-refractivity contribution in [3.63, 3.8) is 0 Å².